The first-order valence-electron chi connectivity index (χ1n) is 6.58. The minimum absolute atomic E-state index is 0.0292. The minimum Gasteiger partial charge on any atom is -0.459 e. The number of carbonyl (C=O) groups excluding carboxylic acids is 2. The Kier molecular flexibility index (Phi) is 5.38. The average Bonchev–Trinajstić information content (AvgIpc) is 2.25. The van der Waals surface area contributed by atoms with Crippen LogP contribution in [-0.2, 0) is 14.3 Å². The summed E-state index contributed by atoms with van der Waals surface area (Å²) in [5.74, 6) is -0.700. The highest BCUT2D eigenvalue weighted by molar-refractivity contribution is 5.94. The van der Waals surface area contributed by atoms with Crippen molar-refractivity contribution in [2.24, 2.45) is 0 Å². The van der Waals surface area contributed by atoms with Crippen molar-refractivity contribution >= 4 is 11.9 Å². The first-order chi connectivity index (χ1) is 8.37. The summed E-state index contributed by atoms with van der Waals surface area (Å²) in [4.78, 5) is 22.9. The van der Waals surface area contributed by atoms with Crippen LogP contribution in [0, 0.1) is 0 Å². The van der Waals surface area contributed by atoms with E-state index in [1.807, 2.05) is 20.8 Å². The van der Waals surface area contributed by atoms with E-state index in [4.69, 9.17) is 4.74 Å². The smallest absolute Gasteiger partial charge is 0.331 e. The number of rotatable bonds is 3. The Morgan fingerprint density at radius 1 is 1.11 bits per heavy atom. The van der Waals surface area contributed by atoms with Gasteiger partial charge in [-0.15, -0.1) is 0 Å². The van der Waals surface area contributed by atoms with Crippen molar-refractivity contribution in [3.63, 3.8) is 0 Å². The van der Waals surface area contributed by atoms with E-state index < -0.39 is 5.97 Å². The van der Waals surface area contributed by atoms with Gasteiger partial charge in [-0.2, -0.15) is 0 Å². The van der Waals surface area contributed by atoms with Crippen molar-refractivity contribution in [3.8, 4) is 0 Å². The molecule has 0 aromatic carbocycles. The lowest BCUT2D eigenvalue weighted by Crippen LogP contribution is -2.39. The lowest BCUT2D eigenvalue weighted by atomic mass is 9.98. The third kappa shape index (κ3) is 6.42. The van der Waals surface area contributed by atoms with Gasteiger partial charge in [-0.3, -0.25) is 4.79 Å². The van der Waals surface area contributed by atoms with Crippen molar-refractivity contribution in [3.05, 3.63) is 12.2 Å². The number of esters is 1. The standard InChI is InChI=1S/C14H23NO3/c1-14(2,3)15-12(16)9-10-13(17)18-11-7-5-4-6-8-11/h9-11H,4-8H2,1-3H3,(H,15,16). The van der Waals surface area contributed by atoms with Crippen LogP contribution in [0.5, 0.6) is 0 Å². The number of ether oxygens (including phenoxy) is 1. The number of hydrogen-bond donors (Lipinski definition) is 1. The molecule has 102 valence electrons. The monoisotopic (exact) mass is 253 g/mol. The van der Waals surface area contributed by atoms with E-state index in [0.29, 0.717) is 0 Å². The van der Waals surface area contributed by atoms with Crippen LogP contribution in [0.2, 0.25) is 0 Å². The molecule has 1 aliphatic carbocycles. The predicted octanol–water partition coefficient (Wildman–Crippen LogP) is 2.33. The topological polar surface area (TPSA) is 55.4 Å². The largest absolute Gasteiger partial charge is 0.459 e. The molecule has 1 aliphatic rings. The summed E-state index contributed by atoms with van der Waals surface area (Å²) < 4.78 is 5.27. The maximum atomic E-state index is 11.5. The zero-order valence-corrected chi connectivity index (χ0v) is 11.5. The van der Waals surface area contributed by atoms with Gasteiger partial charge in [-0.05, 0) is 46.5 Å². The molecule has 1 amide bonds. The second-order valence-corrected chi connectivity index (χ2v) is 5.77. The molecule has 0 aliphatic heterocycles. The van der Waals surface area contributed by atoms with Crippen molar-refractivity contribution < 1.29 is 14.3 Å². The van der Waals surface area contributed by atoms with Crippen molar-refractivity contribution in [1.29, 1.82) is 0 Å². The fourth-order valence-electron chi connectivity index (χ4n) is 1.94. The van der Waals surface area contributed by atoms with Gasteiger partial charge in [0.1, 0.15) is 6.10 Å². The highest BCUT2D eigenvalue weighted by atomic mass is 16.5. The summed E-state index contributed by atoms with van der Waals surface area (Å²) in [6.45, 7) is 5.66. The molecular weight excluding hydrogens is 230 g/mol. The van der Waals surface area contributed by atoms with Crippen LogP contribution >= 0.6 is 0 Å². The Balaban J connectivity index is 2.32. The minimum atomic E-state index is -0.425. The van der Waals surface area contributed by atoms with E-state index >= 15 is 0 Å². The van der Waals surface area contributed by atoms with Gasteiger partial charge in [0.05, 0.1) is 0 Å². The Hall–Kier alpha value is -1.32. The molecule has 4 nitrogen and oxygen atoms in total. The van der Waals surface area contributed by atoms with E-state index in [2.05, 4.69) is 5.32 Å². The van der Waals surface area contributed by atoms with Crippen LogP contribution in [0.1, 0.15) is 52.9 Å². The van der Waals surface area contributed by atoms with E-state index in [1.54, 1.807) is 0 Å². The summed E-state index contributed by atoms with van der Waals surface area (Å²) in [6, 6.07) is 0. The van der Waals surface area contributed by atoms with Crippen molar-refractivity contribution in [2.75, 3.05) is 0 Å². The molecule has 4 heteroatoms. The molecule has 0 unspecified atom stereocenters. The SMILES string of the molecule is CC(C)(C)NC(=O)C=CC(=O)OC1CCCCC1. The van der Waals surface area contributed by atoms with Gasteiger partial charge in [0.25, 0.3) is 0 Å². The Bertz CT molecular complexity index is 322. The van der Waals surface area contributed by atoms with Crippen molar-refractivity contribution in [2.45, 2.75) is 64.5 Å². The second kappa shape index (κ2) is 6.57. The zero-order chi connectivity index (χ0) is 13.6. The average molecular weight is 253 g/mol. The molecule has 0 aromatic rings. The number of carbonyl (C=O) groups is 2. The van der Waals surface area contributed by atoms with E-state index in [9.17, 15) is 9.59 Å². The quantitative estimate of drug-likeness (QED) is 0.620. The van der Waals surface area contributed by atoms with E-state index in [1.165, 1.54) is 18.6 Å². The van der Waals surface area contributed by atoms with E-state index in [-0.39, 0.29) is 17.6 Å². The summed E-state index contributed by atoms with van der Waals surface area (Å²) in [7, 11) is 0. The lowest BCUT2D eigenvalue weighted by molar-refractivity contribution is -0.144. The van der Waals surface area contributed by atoms with Gasteiger partial charge in [0.2, 0.25) is 5.91 Å². The summed E-state index contributed by atoms with van der Waals surface area (Å²) in [5, 5.41) is 2.74. The fourth-order valence-corrected chi connectivity index (χ4v) is 1.94. The Morgan fingerprint density at radius 2 is 1.72 bits per heavy atom. The Morgan fingerprint density at radius 3 is 2.28 bits per heavy atom. The first kappa shape index (κ1) is 14.7. The lowest BCUT2D eigenvalue weighted by Gasteiger charge is -2.21. The number of nitrogens with one attached hydrogen (secondary N) is 1. The maximum Gasteiger partial charge on any atom is 0.331 e. The Labute approximate surface area is 109 Å². The van der Waals surface area contributed by atoms with Crippen LogP contribution in [0.15, 0.2) is 12.2 Å². The predicted molar refractivity (Wildman–Crippen MR) is 70.0 cm³/mol. The molecule has 1 fully saturated rings. The van der Waals surface area contributed by atoms with Crippen LogP contribution in [0.4, 0.5) is 0 Å². The maximum absolute atomic E-state index is 11.5. The van der Waals surface area contributed by atoms with Gasteiger partial charge in [-0.1, -0.05) is 6.42 Å². The number of hydrogen-bond acceptors (Lipinski definition) is 3. The molecule has 0 radical (unpaired) electrons. The molecule has 0 aromatic heterocycles. The molecule has 1 saturated carbocycles. The molecule has 0 bridgehead atoms. The second-order valence-electron chi connectivity index (χ2n) is 5.77. The van der Waals surface area contributed by atoms with Crippen LogP contribution in [0.3, 0.4) is 0 Å². The molecule has 1 rings (SSSR count). The van der Waals surface area contributed by atoms with Gasteiger partial charge in [0.15, 0.2) is 0 Å². The molecular formula is C14H23NO3. The normalized spacial score (nSPS) is 17.7. The van der Waals surface area contributed by atoms with Crippen LogP contribution in [0.25, 0.3) is 0 Å². The van der Waals surface area contributed by atoms with E-state index in [0.717, 1.165) is 25.7 Å². The van der Waals surface area contributed by atoms with Gasteiger partial charge in [-0.25, -0.2) is 4.79 Å². The van der Waals surface area contributed by atoms with Gasteiger partial charge < -0.3 is 10.1 Å². The third-order valence-electron chi connectivity index (χ3n) is 2.70. The zero-order valence-electron chi connectivity index (χ0n) is 11.5. The highest BCUT2D eigenvalue weighted by Gasteiger charge is 2.16. The summed E-state index contributed by atoms with van der Waals surface area (Å²) in [6.07, 6.45) is 7.80. The number of amides is 1. The fraction of sp³-hybridized carbons (Fsp3) is 0.714. The summed E-state index contributed by atoms with van der Waals surface area (Å²) >= 11 is 0. The molecule has 18 heavy (non-hydrogen) atoms. The van der Waals surface area contributed by atoms with Crippen LogP contribution < -0.4 is 5.32 Å². The van der Waals surface area contributed by atoms with Crippen molar-refractivity contribution in [1.82, 2.24) is 5.32 Å². The third-order valence-corrected chi connectivity index (χ3v) is 2.70. The highest BCUT2D eigenvalue weighted by Crippen LogP contribution is 2.20. The van der Waals surface area contributed by atoms with Gasteiger partial charge >= 0.3 is 5.97 Å². The van der Waals surface area contributed by atoms with Gasteiger partial charge in [0, 0.05) is 17.7 Å². The molecule has 0 atom stereocenters. The first-order valence-corrected chi connectivity index (χ1v) is 6.58. The van der Waals surface area contributed by atoms with Crippen LogP contribution in [-0.4, -0.2) is 23.5 Å². The summed E-state index contributed by atoms with van der Waals surface area (Å²) in [5.41, 5.74) is -0.297. The molecule has 0 saturated heterocycles. The molecule has 0 heterocycles. The molecule has 1 N–H and O–H groups in total. The molecule has 0 spiro atoms.